The maximum atomic E-state index is 11.5. The van der Waals surface area contributed by atoms with Gasteiger partial charge in [0.15, 0.2) is 0 Å². The Balaban J connectivity index is 2.03. The van der Waals surface area contributed by atoms with Crippen molar-refractivity contribution >= 4 is 5.91 Å². The number of fused-ring (bicyclic) bond motifs is 1. The largest absolute Gasteiger partial charge is 0.340 e. The number of likely N-dealkylation sites (tertiary alicyclic amines) is 1. The van der Waals surface area contributed by atoms with Crippen LogP contribution in [0.4, 0.5) is 0 Å². The molecule has 2 fully saturated rings. The van der Waals surface area contributed by atoms with E-state index >= 15 is 0 Å². The molecule has 1 aliphatic carbocycles. The summed E-state index contributed by atoms with van der Waals surface area (Å²) in [4.78, 5) is 13.6. The van der Waals surface area contributed by atoms with Gasteiger partial charge in [0.25, 0.3) is 0 Å². The molecule has 1 aliphatic heterocycles. The molecular formula is C13H23NO. The van der Waals surface area contributed by atoms with E-state index in [-0.39, 0.29) is 5.91 Å². The summed E-state index contributed by atoms with van der Waals surface area (Å²) in [6.45, 7) is 7.29. The van der Waals surface area contributed by atoms with Gasteiger partial charge in [0.2, 0.25) is 5.91 Å². The fourth-order valence-corrected chi connectivity index (χ4v) is 3.53. The Kier molecular flexibility index (Phi) is 3.03. The van der Waals surface area contributed by atoms with Crippen LogP contribution in [-0.4, -0.2) is 23.4 Å². The zero-order chi connectivity index (χ0) is 11.0. The van der Waals surface area contributed by atoms with Gasteiger partial charge >= 0.3 is 0 Å². The summed E-state index contributed by atoms with van der Waals surface area (Å²) in [6, 6.07) is 0.470. The predicted octanol–water partition coefficient (Wildman–Crippen LogP) is 2.68. The summed E-state index contributed by atoms with van der Waals surface area (Å²) in [5, 5.41) is 0. The number of amides is 1. The minimum absolute atomic E-state index is 0.263. The van der Waals surface area contributed by atoms with Crippen LogP contribution < -0.4 is 0 Å². The van der Waals surface area contributed by atoms with Crippen molar-refractivity contribution in [3.8, 4) is 0 Å². The van der Waals surface area contributed by atoms with E-state index in [9.17, 15) is 4.79 Å². The van der Waals surface area contributed by atoms with E-state index < -0.39 is 0 Å². The van der Waals surface area contributed by atoms with E-state index in [2.05, 4.69) is 18.7 Å². The van der Waals surface area contributed by atoms with Crippen LogP contribution in [0.2, 0.25) is 0 Å². The van der Waals surface area contributed by atoms with Gasteiger partial charge in [0, 0.05) is 19.5 Å². The van der Waals surface area contributed by atoms with Crippen molar-refractivity contribution in [1.82, 2.24) is 4.90 Å². The highest BCUT2D eigenvalue weighted by atomic mass is 16.2. The molecule has 1 saturated heterocycles. The molecule has 0 aromatic heterocycles. The molecule has 2 heteroatoms. The minimum Gasteiger partial charge on any atom is -0.340 e. The molecule has 1 amide bonds. The number of rotatable bonds is 0. The van der Waals surface area contributed by atoms with Crippen molar-refractivity contribution in [1.29, 1.82) is 0 Å². The van der Waals surface area contributed by atoms with Crippen LogP contribution in [0.15, 0.2) is 0 Å². The Bertz CT molecular complexity index is 251. The lowest BCUT2D eigenvalue weighted by Gasteiger charge is -2.46. The fourth-order valence-electron chi connectivity index (χ4n) is 3.53. The standard InChI is InChI=1S/C13H23NO/c1-9-4-5-12-7-10(2)14(11(3)15)8-13(12)6-9/h9-10,12-13H,4-8H2,1-3H3/t9-,10+,12?,13?/m1/s1. The van der Waals surface area contributed by atoms with Crippen LogP contribution in [0.25, 0.3) is 0 Å². The third-order valence-electron chi connectivity index (χ3n) is 4.41. The van der Waals surface area contributed by atoms with Crippen molar-refractivity contribution in [3.05, 3.63) is 0 Å². The van der Waals surface area contributed by atoms with Gasteiger partial charge in [-0.3, -0.25) is 4.79 Å². The third kappa shape index (κ3) is 2.19. The van der Waals surface area contributed by atoms with E-state index in [1.807, 2.05) is 0 Å². The zero-order valence-electron chi connectivity index (χ0n) is 10.2. The average molecular weight is 209 g/mol. The SMILES string of the molecule is CC(=O)N1CC2C[C@H](C)CCC2C[C@@H]1C. The van der Waals surface area contributed by atoms with E-state index in [0.29, 0.717) is 6.04 Å². The topological polar surface area (TPSA) is 20.3 Å². The summed E-state index contributed by atoms with van der Waals surface area (Å²) in [5.41, 5.74) is 0. The summed E-state index contributed by atoms with van der Waals surface area (Å²) in [7, 11) is 0. The Morgan fingerprint density at radius 1 is 1.13 bits per heavy atom. The molecule has 2 nitrogen and oxygen atoms in total. The number of carbonyl (C=O) groups is 1. The number of hydrogen-bond acceptors (Lipinski definition) is 1. The first-order valence-electron chi connectivity index (χ1n) is 6.35. The minimum atomic E-state index is 0.263. The molecule has 2 rings (SSSR count). The van der Waals surface area contributed by atoms with E-state index in [4.69, 9.17) is 0 Å². The van der Waals surface area contributed by atoms with Gasteiger partial charge in [-0.05, 0) is 43.9 Å². The second-order valence-electron chi connectivity index (χ2n) is 5.69. The Labute approximate surface area is 93.0 Å². The molecule has 2 aliphatic rings. The molecule has 86 valence electrons. The van der Waals surface area contributed by atoms with Crippen molar-refractivity contribution in [2.75, 3.05) is 6.54 Å². The van der Waals surface area contributed by atoms with E-state index in [1.54, 1.807) is 6.92 Å². The van der Waals surface area contributed by atoms with Gasteiger partial charge in [-0.15, -0.1) is 0 Å². The second-order valence-corrected chi connectivity index (χ2v) is 5.69. The molecule has 2 unspecified atom stereocenters. The molecule has 0 aromatic rings. The molecule has 0 N–H and O–H groups in total. The fraction of sp³-hybridized carbons (Fsp3) is 0.923. The molecule has 0 bridgehead atoms. The lowest BCUT2D eigenvalue weighted by Crippen LogP contribution is -2.49. The maximum absolute atomic E-state index is 11.5. The Morgan fingerprint density at radius 2 is 1.87 bits per heavy atom. The van der Waals surface area contributed by atoms with Crippen LogP contribution >= 0.6 is 0 Å². The first-order valence-corrected chi connectivity index (χ1v) is 6.35. The highest BCUT2D eigenvalue weighted by Crippen LogP contribution is 2.40. The Morgan fingerprint density at radius 3 is 2.53 bits per heavy atom. The molecular weight excluding hydrogens is 186 g/mol. The predicted molar refractivity (Wildman–Crippen MR) is 61.5 cm³/mol. The van der Waals surface area contributed by atoms with Gasteiger partial charge in [0.1, 0.15) is 0 Å². The van der Waals surface area contributed by atoms with Gasteiger partial charge in [-0.2, -0.15) is 0 Å². The Hall–Kier alpha value is -0.530. The summed E-state index contributed by atoms with van der Waals surface area (Å²) < 4.78 is 0. The first kappa shape index (κ1) is 11.0. The normalized spacial score (nSPS) is 41.1. The third-order valence-corrected chi connectivity index (χ3v) is 4.41. The number of hydrogen-bond donors (Lipinski definition) is 0. The van der Waals surface area contributed by atoms with E-state index in [0.717, 1.165) is 24.3 Å². The highest BCUT2D eigenvalue weighted by molar-refractivity contribution is 5.73. The van der Waals surface area contributed by atoms with Crippen LogP contribution in [0.3, 0.4) is 0 Å². The highest BCUT2D eigenvalue weighted by Gasteiger charge is 2.37. The summed E-state index contributed by atoms with van der Waals surface area (Å²) in [5.74, 6) is 2.81. The van der Waals surface area contributed by atoms with Crippen LogP contribution in [0.5, 0.6) is 0 Å². The van der Waals surface area contributed by atoms with Crippen molar-refractivity contribution in [2.45, 2.75) is 52.5 Å². The van der Waals surface area contributed by atoms with Crippen molar-refractivity contribution in [3.63, 3.8) is 0 Å². The molecule has 0 aromatic carbocycles. The smallest absolute Gasteiger partial charge is 0.219 e. The van der Waals surface area contributed by atoms with Crippen LogP contribution in [-0.2, 0) is 4.79 Å². The number of nitrogens with zero attached hydrogens (tertiary/aromatic N) is 1. The zero-order valence-corrected chi connectivity index (χ0v) is 10.2. The van der Waals surface area contributed by atoms with Crippen molar-refractivity contribution < 1.29 is 4.79 Å². The second kappa shape index (κ2) is 4.15. The molecule has 4 atom stereocenters. The monoisotopic (exact) mass is 209 g/mol. The van der Waals surface area contributed by atoms with Gasteiger partial charge < -0.3 is 4.90 Å². The van der Waals surface area contributed by atoms with E-state index in [1.165, 1.54) is 25.7 Å². The summed E-state index contributed by atoms with van der Waals surface area (Å²) >= 11 is 0. The maximum Gasteiger partial charge on any atom is 0.219 e. The number of piperidine rings is 1. The van der Waals surface area contributed by atoms with Crippen LogP contribution in [0, 0.1) is 17.8 Å². The summed E-state index contributed by atoms with van der Waals surface area (Å²) in [6.07, 6.45) is 5.36. The van der Waals surface area contributed by atoms with Gasteiger partial charge in [-0.25, -0.2) is 0 Å². The van der Waals surface area contributed by atoms with Crippen molar-refractivity contribution in [2.24, 2.45) is 17.8 Å². The molecule has 1 heterocycles. The first-order chi connectivity index (χ1) is 7.08. The van der Waals surface area contributed by atoms with Gasteiger partial charge in [-0.1, -0.05) is 13.3 Å². The lowest BCUT2D eigenvalue weighted by molar-refractivity contribution is -0.135. The average Bonchev–Trinajstić information content (AvgIpc) is 2.17. The lowest BCUT2D eigenvalue weighted by atomic mass is 9.70. The molecule has 0 radical (unpaired) electrons. The molecule has 15 heavy (non-hydrogen) atoms. The molecule has 1 saturated carbocycles. The number of carbonyl (C=O) groups excluding carboxylic acids is 1. The van der Waals surface area contributed by atoms with Crippen LogP contribution in [0.1, 0.15) is 46.5 Å². The van der Waals surface area contributed by atoms with Gasteiger partial charge in [0.05, 0.1) is 0 Å². The quantitative estimate of drug-likeness (QED) is 0.600. The molecule has 0 spiro atoms.